The molecule has 2 aliphatic heterocycles. The van der Waals surface area contributed by atoms with Crippen LogP contribution in [0, 0.1) is 0 Å². The van der Waals surface area contributed by atoms with Crippen LogP contribution in [0.1, 0.15) is 46.5 Å². The molecule has 6 heteroatoms. The Hall–Kier alpha value is -0.170. The molecule has 0 spiro atoms. The Labute approximate surface area is 110 Å². The van der Waals surface area contributed by atoms with Crippen molar-refractivity contribution in [2.75, 3.05) is 7.05 Å². The highest BCUT2D eigenvalue weighted by Crippen LogP contribution is 2.30. The summed E-state index contributed by atoms with van der Waals surface area (Å²) in [6.45, 7) is 5.60. The lowest BCUT2D eigenvalue weighted by molar-refractivity contribution is 0.247. The Kier molecular flexibility index (Phi) is 3.75. The van der Waals surface area contributed by atoms with Gasteiger partial charge in [-0.05, 0) is 46.5 Å². The second-order valence-electron chi connectivity index (χ2n) is 6.64. The maximum absolute atomic E-state index is 12.3. The van der Waals surface area contributed by atoms with Crippen LogP contribution in [0.4, 0.5) is 0 Å². The number of nitrogens with one attached hydrogen (secondary N) is 2. The summed E-state index contributed by atoms with van der Waals surface area (Å²) in [6.07, 6.45) is 4.22. The van der Waals surface area contributed by atoms with Crippen LogP contribution >= 0.6 is 0 Å². The molecule has 0 saturated carbocycles. The van der Waals surface area contributed by atoms with Crippen molar-refractivity contribution in [3.05, 3.63) is 0 Å². The van der Waals surface area contributed by atoms with Gasteiger partial charge in [-0.3, -0.25) is 0 Å². The van der Waals surface area contributed by atoms with Gasteiger partial charge in [0.25, 0.3) is 10.2 Å². The van der Waals surface area contributed by atoms with Crippen molar-refractivity contribution in [1.29, 1.82) is 0 Å². The lowest BCUT2D eigenvalue weighted by atomic mass is 10.0. The van der Waals surface area contributed by atoms with Gasteiger partial charge in [0.1, 0.15) is 0 Å². The molecule has 2 saturated heterocycles. The zero-order valence-corrected chi connectivity index (χ0v) is 12.5. The van der Waals surface area contributed by atoms with Crippen LogP contribution in [0.5, 0.6) is 0 Å². The van der Waals surface area contributed by atoms with Gasteiger partial charge < -0.3 is 5.32 Å². The molecule has 0 aromatic carbocycles. The molecule has 2 fully saturated rings. The lowest BCUT2D eigenvalue weighted by Gasteiger charge is -2.36. The molecule has 0 aromatic rings. The van der Waals surface area contributed by atoms with Gasteiger partial charge in [-0.15, -0.1) is 0 Å². The molecular weight excluding hydrogens is 250 g/mol. The molecule has 2 bridgehead atoms. The summed E-state index contributed by atoms with van der Waals surface area (Å²) in [5, 5.41) is 3.53. The number of nitrogens with zero attached hydrogens (tertiary/aromatic N) is 1. The molecule has 2 N–H and O–H groups in total. The van der Waals surface area contributed by atoms with Gasteiger partial charge in [0.15, 0.2) is 0 Å². The maximum Gasteiger partial charge on any atom is 0.279 e. The molecule has 2 unspecified atom stereocenters. The fourth-order valence-electron chi connectivity index (χ4n) is 2.98. The minimum atomic E-state index is -3.38. The Morgan fingerprint density at radius 2 is 1.67 bits per heavy atom. The average molecular weight is 275 g/mol. The van der Waals surface area contributed by atoms with E-state index in [0.29, 0.717) is 12.1 Å². The smallest absolute Gasteiger partial charge is 0.279 e. The summed E-state index contributed by atoms with van der Waals surface area (Å²) in [5.41, 5.74) is -0.432. The normalized spacial score (nSPS) is 33.1. The molecule has 0 aromatic heterocycles. The molecule has 106 valence electrons. The fourth-order valence-corrected chi connectivity index (χ4v) is 4.46. The molecule has 2 aliphatic rings. The van der Waals surface area contributed by atoms with Crippen LogP contribution in [0.15, 0.2) is 0 Å². The second-order valence-corrected chi connectivity index (χ2v) is 8.37. The third kappa shape index (κ3) is 3.23. The first-order valence-electron chi connectivity index (χ1n) is 6.70. The molecule has 18 heavy (non-hydrogen) atoms. The van der Waals surface area contributed by atoms with Crippen molar-refractivity contribution in [3.63, 3.8) is 0 Å². The summed E-state index contributed by atoms with van der Waals surface area (Å²) in [4.78, 5) is 0. The van der Waals surface area contributed by atoms with Gasteiger partial charge >= 0.3 is 0 Å². The monoisotopic (exact) mass is 275 g/mol. The molecule has 0 amide bonds. The van der Waals surface area contributed by atoms with Gasteiger partial charge in [0, 0.05) is 30.7 Å². The predicted molar refractivity (Wildman–Crippen MR) is 72.5 cm³/mol. The first-order chi connectivity index (χ1) is 8.17. The number of fused-ring (bicyclic) bond motifs is 2. The van der Waals surface area contributed by atoms with Crippen LogP contribution in [-0.4, -0.2) is 43.4 Å². The van der Waals surface area contributed by atoms with Gasteiger partial charge in [-0.2, -0.15) is 17.4 Å². The number of piperidine rings is 1. The molecule has 5 nitrogen and oxygen atoms in total. The minimum absolute atomic E-state index is 0.128. The number of rotatable bonds is 3. The van der Waals surface area contributed by atoms with Crippen LogP contribution < -0.4 is 10.0 Å². The van der Waals surface area contributed by atoms with Crippen LogP contribution in [-0.2, 0) is 10.2 Å². The minimum Gasteiger partial charge on any atom is -0.311 e. The quantitative estimate of drug-likeness (QED) is 0.802. The highest BCUT2D eigenvalue weighted by atomic mass is 32.2. The molecule has 2 rings (SSSR count). The molecule has 2 atom stereocenters. The summed E-state index contributed by atoms with van der Waals surface area (Å²) in [6, 6.07) is 1.13. The first kappa shape index (κ1) is 14.2. The van der Waals surface area contributed by atoms with E-state index in [4.69, 9.17) is 0 Å². The predicted octanol–water partition coefficient (Wildman–Crippen LogP) is 0.834. The summed E-state index contributed by atoms with van der Waals surface area (Å²) >= 11 is 0. The fraction of sp³-hybridized carbons (Fsp3) is 1.00. The molecule has 0 aliphatic carbocycles. The van der Waals surface area contributed by atoms with Gasteiger partial charge in [-0.1, -0.05) is 0 Å². The maximum atomic E-state index is 12.3. The van der Waals surface area contributed by atoms with Crippen molar-refractivity contribution < 1.29 is 8.42 Å². The Bertz CT molecular complexity index is 390. The van der Waals surface area contributed by atoms with Crippen molar-refractivity contribution in [1.82, 2.24) is 14.3 Å². The number of hydrogen-bond donors (Lipinski definition) is 2. The zero-order valence-electron chi connectivity index (χ0n) is 11.7. The van der Waals surface area contributed by atoms with E-state index in [2.05, 4.69) is 10.0 Å². The third-order valence-corrected chi connectivity index (χ3v) is 5.70. The van der Waals surface area contributed by atoms with E-state index in [9.17, 15) is 8.42 Å². The molecule has 2 heterocycles. The second kappa shape index (κ2) is 4.74. The standard InChI is InChI=1S/C12H25N3O2S/c1-12(2,3)14-18(16,17)15(4)11-7-9-5-6-10(8-11)13-9/h9-11,13-14H,5-8H2,1-4H3. The van der Waals surface area contributed by atoms with Gasteiger partial charge in [0.05, 0.1) is 0 Å². The van der Waals surface area contributed by atoms with Gasteiger partial charge in [0.2, 0.25) is 0 Å². The van der Waals surface area contributed by atoms with E-state index in [1.165, 1.54) is 17.1 Å². The van der Waals surface area contributed by atoms with Crippen molar-refractivity contribution in [2.45, 2.75) is 70.1 Å². The van der Waals surface area contributed by atoms with Gasteiger partial charge in [-0.25, -0.2) is 0 Å². The van der Waals surface area contributed by atoms with Crippen molar-refractivity contribution >= 4 is 10.2 Å². The third-order valence-electron chi connectivity index (χ3n) is 3.78. The van der Waals surface area contributed by atoms with Crippen molar-refractivity contribution in [3.8, 4) is 0 Å². The first-order valence-corrected chi connectivity index (χ1v) is 8.14. The summed E-state index contributed by atoms with van der Waals surface area (Å²) in [7, 11) is -1.68. The Morgan fingerprint density at radius 1 is 1.17 bits per heavy atom. The molecule has 0 radical (unpaired) electrons. The average Bonchev–Trinajstić information content (AvgIpc) is 2.53. The van der Waals surface area contributed by atoms with E-state index in [1.807, 2.05) is 20.8 Å². The Morgan fingerprint density at radius 3 is 2.11 bits per heavy atom. The van der Waals surface area contributed by atoms with E-state index in [0.717, 1.165) is 12.8 Å². The highest BCUT2D eigenvalue weighted by molar-refractivity contribution is 7.87. The van der Waals surface area contributed by atoms with E-state index < -0.39 is 15.7 Å². The zero-order chi connectivity index (χ0) is 13.6. The summed E-state index contributed by atoms with van der Waals surface area (Å²) < 4.78 is 28.8. The topological polar surface area (TPSA) is 61.4 Å². The Balaban J connectivity index is 2.04. The van der Waals surface area contributed by atoms with Crippen LogP contribution in [0.2, 0.25) is 0 Å². The number of hydrogen-bond acceptors (Lipinski definition) is 3. The summed E-state index contributed by atoms with van der Waals surface area (Å²) in [5.74, 6) is 0. The van der Waals surface area contributed by atoms with E-state index in [-0.39, 0.29) is 6.04 Å². The molecular formula is C12H25N3O2S. The lowest BCUT2D eigenvalue weighted by Crippen LogP contribution is -2.54. The van der Waals surface area contributed by atoms with Crippen LogP contribution in [0.3, 0.4) is 0 Å². The van der Waals surface area contributed by atoms with E-state index in [1.54, 1.807) is 7.05 Å². The SMILES string of the molecule is CN(C1CC2CCC(C1)N2)S(=O)(=O)NC(C)(C)C. The van der Waals surface area contributed by atoms with Crippen molar-refractivity contribution in [2.24, 2.45) is 0 Å². The largest absolute Gasteiger partial charge is 0.311 e. The van der Waals surface area contributed by atoms with E-state index >= 15 is 0 Å². The highest BCUT2D eigenvalue weighted by Gasteiger charge is 2.39. The van der Waals surface area contributed by atoms with Crippen LogP contribution in [0.25, 0.3) is 0 Å².